The predicted octanol–water partition coefficient (Wildman–Crippen LogP) is 1.48. The number of carbonyl (C=O) groups is 1. The number of benzene rings is 1. The van der Waals surface area contributed by atoms with Crippen LogP contribution >= 0.6 is 0 Å². The minimum Gasteiger partial charge on any atom is -0.355 e. The van der Waals surface area contributed by atoms with Gasteiger partial charge < -0.3 is 10.6 Å². The van der Waals surface area contributed by atoms with E-state index in [1.807, 2.05) is 0 Å². The first-order chi connectivity index (χ1) is 9.84. The molecular weight excluding hydrogens is 250 g/mol. The third-order valence-electron chi connectivity index (χ3n) is 4.29. The standard InChI is InChI=1S/C16H23N3O/c20-16-15(7-3-4-9-18-16)19-14-8-10-17-11-12-5-1-2-6-13(12)14/h1-2,5-6,14-15,17,19H,3-4,7-11H2,(H,18,20). The van der Waals surface area contributed by atoms with Crippen molar-refractivity contribution in [1.29, 1.82) is 0 Å². The number of fused-ring (bicyclic) bond motifs is 1. The molecule has 2 aliphatic rings. The first-order valence-corrected chi connectivity index (χ1v) is 7.67. The molecule has 0 spiro atoms. The summed E-state index contributed by atoms with van der Waals surface area (Å²) in [5, 5.41) is 10.1. The van der Waals surface area contributed by atoms with Crippen molar-refractivity contribution >= 4 is 5.91 Å². The highest BCUT2D eigenvalue weighted by Crippen LogP contribution is 2.24. The Labute approximate surface area is 120 Å². The van der Waals surface area contributed by atoms with Gasteiger partial charge in [-0.05, 0) is 43.4 Å². The summed E-state index contributed by atoms with van der Waals surface area (Å²) < 4.78 is 0. The first-order valence-electron chi connectivity index (χ1n) is 7.67. The average Bonchev–Trinajstić information content (AvgIpc) is 2.79. The van der Waals surface area contributed by atoms with E-state index >= 15 is 0 Å². The maximum Gasteiger partial charge on any atom is 0.237 e. The molecule has 2 heterocycles. The second-order valence-corrected chi connectivity index (χ2v) is 5.72. The molecule has 20 heavy (non-hydrogen) atoms. The zero-order valence-electron chi connectivity index (χ0n) is 11.8. The maximum atomic E-state index is 12.1. The lowest BCUT2D eigenvalue weighted by Gasteiger charge is -2.24. The zero-order valence-corrected chi connectivity index (χ0v) is 11.8. The monoisotopic (exact) mass is 273 g/mol. The van der Waals surface area contributed by atoms with E-state index in [2.05, 4.69) is 40.2 Å². The number of amides is 1. The molecule has 0 radical (unpaired) electrons. The minimum absolute atomic E-state index is 0.0475. The third-order valence-corrected chi connectivity index (χ3v) is 4.29. The summed E-state index contributed by atoms with van der Waals surface area (Å²) in [6.45, 7) is 2.73. The number of hydrogen-bond acceptors (Lipinski definition) is 3. The molecule has 1 aromatic carbocycles. The van der Waals surface area contributed by atoms with E-state index in [4.69, 9.17) is 0 Å². The Bertz CT molecular complexity index is 475. The van der Waals surface area contributed by atoms with Crippen LogP contribution in [0.25, 0.3) is 0 Å². The number of nitrogens with one attached hydrogen (secondary N) is 3. The molecule has 1 fully saturated rings. The molecular formula is C16H23N3O. The van der Waals surface area contributed by atoms with Gasteiger partial charge in [0, 0.05) is 19.1 Å². The highest BCUT2D eigenvalue weighted by molar-refractivity contribution is 5.82. The fourth-order valence-electron chi connectivity index (χ4n) is 3.17. The Morgan fingerprint density at radius 3 is 2.90 bits per heavy atom. The van der Waals surface area contributed by atoms with Crippen LogP contribution in [-0.2, 0) is 11.3 Å². The fourth-order valence-corrected chi connectivity index (χ4v) is 3.17. The van der Waals surface area contributed by atoms with E-state index in [9.17, 15) is 4.79 Å². The van der Waals surface area contributed by atoms with Gasteiger partial charge in [0.1, 0.15) is 0 Å². The quantitative estimate of drug-likeness (QED) is 0.765. The summed E-state index contributed by atoms with van der Waals surface area (Å²) >= 11 is 0. The van der Waals surface area contributed by atoms with Gasteiger partial charge in [0.05, 0.1) is 6.04 Å². The van der Waals surface area contributed by atoms with Crippen molar-refractivity contribution in [2.24, 2.45) is 0 Å². The van der Waals surface area contributed by atoms with E-state index in [1.165, 1.54) is 11.1 Å². The van der Waals surface area contributed by atoms with Gasteiger partial charge in [-0.15, -0.1) is 0 Å². The van der Waals surface area contributed by atoms with E-state index in [1.54, 1.807) is 0 Å². The smallest absolute Gasteiger partial charge is 0.237 e. The van der Waals surface area contributed by atoms with Crippen LogP contribution in [0.2, 0.25) is 0 Å². The summed E-state index contributed by atoms with van der Waals surface area (Å²) in [7, 11) is 0. The van der Waals surface area contributed by atoms with Crippen LogP contribution in [0.1, 0.15) is 42.9 Å². The average molecular weight is 273 g/mol. The Morgan fingerprint density at radius 2 is 1.95 bits per heavy atom. The summed E-state index contributed by atoms with van der Waals surface area (Å²) in [6, 6.07) is 8.76. The third kappa shape index (κ3) is 3.02. The molecule has 2 unspecified atom stereocenters. The van der Waals surface area contributed by atoms with Crippen molar-refractivity contribution in [2.45, 2.75) is 44.3 Å². The van der Waals surface area contributed by atoms with Crippen LogP contribution in [0.3, 0.4) is 0 Å². The van der Waals surface area contributed by atoms with Crippen LogP contribution < -0.4 is 16.0 Å². The number of rotatable bonds is 2. The van der Waals surface area contributed by atoms with Crippen molar-refractivity contribution in [3.05, 3.63) is 35.4 Å². The van der Waals surface area contributed by atoms with Gasteiger partial charge in [0.2, 0.25) is 5.91 Å². The summed E-state index contributed by atoms with van der Waals surface area (Å²) in [6.07, 6.45) is 4.18. The van der Waals surface area contributed by atoms with Crippen molar-refractivity contribution in [3.63, 3.8) is 0 Å². The van der Waals surface area contributed by atoms with E-state index in [0.717, 1.165) is 45.3 Å². The molecule has 0 aromatic heterocycles. The van der Waals surface area contributed by atoms with Crippen molar-refractivity contribution in [2.75, 3.05) is 13.1 Å². The molecule has 1 amide bonds. The fraction of sp³-hybridized carbons (Fsp3) is 0.562. The summed E-state index contributed by atoms with van der Waals surface area (Å²) in [4.78, 5) is 12.1. The van der Waals surface area contributed by atoms with Gasteiger partial charge in [0.25, 0.3) is 0 Å². The van der Waals surface area contributed by atoms with Crippen LogP contribution in [0.15, 0.2) is 24.3 Å². The highest BCUT2D eigenvalue weighted by Gasteiger charge is 2.26. The molecule has 0 bridgehead atoms. The van der Waals surface area contributed by atoms with Gasteiger partial charge in [0.15, 0.2) is 0 Å². The Morgan fingerprint density at radius 1 is 1.05 bits per heavy atom. The van der Waals surface area contributed by atoms with Crippen LogP contribution in [-0.4, -0.2) is 25.0 Å². The van der Waals surface area contributed by atoms with Gasteiger partial charge >= 0.3 is 0 Å². The Kier molecular flexibility index (Phi) is 4.33. The number of carbonyl (C=O) groups excluding carboxylic acids is 1. The molecule has 0 aliphatic carbocycles. The normalized spacial score (nSPS) is 27.1. The first kappa shape index (κ1) is 13.6. The summed E-state index contributed by atoms with van der Waals surface area (Å²) in [5.41, 5.74) is 2.69. The van der Waals surface area contributed by atoms with Crippen LogP contribution in [0, 0.1) is 0 Å². The van der Waals surface area contributed by atoms with E-state index in [0.29, 0.717) is 0 Å². The van der Waals surface area contributed by atoms with Gasteiger partial charge in [-0.25, -0.2) is 0 Å². The molecule has 2 aliphatic heterocycles. The van der Waals surface area contributed by atoms with Crippen LogP contribution in [0.5, 0.6) is 0 Å². The van der Waals surface area contributed by atoms with Gasteiger partial charge in [-0.2, -0.15) is 0 Å². The molecule has 1 saturated heterocycles. The van der Waals surface area contributed by atoms with Crippen molar-refractivity contribution < 1.29 is 4.79 Å². The molecule has 108 valence electrons. The van der Waals surface area contributed by atoms with Gasteiger partial charge in [-0.3, -0.25) is 10.1 Å². The Hall–Kier alpha value is -1.39. The highest BCUT2D eigenvalue weighted by atomic mass is 16.2. The lowest BCUT2D eigenvalue weighted by Crippen LogP contribution is -2.44. The second-order valence-electron chi connectivity index (χ2n) is 5.72. The molecule has 1 aromatic rings. The lowest BCUT2D eigenvalue weighted by atomic mass is 9.97. The predicted molar refractivity (Wildman–Crippen MR) is 79.3 cm³/mol. The molecule has 4 heteroatoms. The maximum absolute atomic E-state index is 12.1. The number of hydrogen-bond donors (Lipinski definition) is 3. The summed E-state index contributed by atoms with van der Waals surface area (Å²) in [5.74, 6) is 0.164. The second kappa shape index (κ2) is 6.37. The van der Waals surface area contributed by atoms with Gasteiger partial charge in [-0.1, -0.05) is 24.3 Å². The lowest BCUT2D eigenvalue weighted by molar-refractivity contribution is -0.123. The topological polar surface area (TPSA) is 53.2 Å². The van der Waals surface area contributed by atoms with E-state index < -0.39 is 0 Å². The van der Waals surface area contributed by atoms with Crippen LogP contribution in [0.4, 0.5) is 0 Å². The van der Waals surface area contributed by atoms with Crippen molar-refractivity contribution in [1.82, 2.24) is 16.0 Å². The minimum atomic E-state index is -0.0475. The van der Waals surface area contributed by atoms with Crippen molar-refractivity contribution in [3.8, 4) is 0 Å². The largest absolute Gasteiger partial charge is 0.355 e. The molecule has 0 saturated carbocycles. The molecule has 4 nitrogen and oxygen atoms in total. The Balaban J connectivity index is 1.77. The SMILES string of the molecule is O=C1NCCCCC1NC1CCNCc2ccccc21. The molecule has 3 rings (SSSR count). The van der Waals surface area contributed by atoms with E-state index in [-0.39, 0.29) is 18.0 Å². The molecule has 3 N–H and O–H groups in total. The zero-order chi connectivity index (χ0) is 13.8. The molecule has 2 atom stereocenters.